The van der Waals surface area contributed by atoms with Gasteiger partial charge in [-0.3, -0.25) is 0 Å². The summed E-state index contributed by atoms with van der Waals surface area (Å²) in [6, 6.07) is 0.371. The summed E-state index contributed by atoms with van der Waals surface area (Å²) < 4.78 is 7.29. The van der Waals surface area contributed by atoms with E-state index in [2.05, 4.69) is 24.1 Å². The Morgan fingerprint density at radius 1 is 1.53 bits per heavy atom. The van der Waals surface area contributed by atoms with Crippen LogP contribution in [0.4, 0.5) is 0 Å². The molecule has 0 fully saturated rings. The van der Waals surface area contributed by atoms with Gasteiger partial charge >= 0.3 is 0 Å². The van der Waals surface area contributed by atoms with Gasteiger partial charge in [-0.15, -0.1) is 0 Å². The van der Waals surface area contributed by atoms with Gasteiger partial charge in [0.15, 0.2) is 0 Å². The number of aryl methyl sites for hydroxylation is 1. The number of hydrogen-bond acceptors (Lipinski definition) is 3. The first kappa shape index (κ1) is 12.2. The second-order valence-corrected chi connectivity index (χ2v) is 3.89. The zero-order chi connectivity index (χ0) is 11.3. The van der Waals surface area contributed by atoms with Gasteiger partial charge in [-0.25, -0.2) is 4.98 Å². The highest BCUT2D eigenvalue weighted by molar-refractivity contribution is 4.91. The van der Waals surface area contributed by atoms with Crippen molar-refractivity contribution in [3.05, 3.63) is 18.2 Å². The Labute approximate surface area is 91.7 Å². The fraction of sp³-hybridized carbons (Fsp3) is 0.727. The van der Waals surface area contributed by atoms with Crippen LogP contribution >= 0.6 is 0 Å². The first-order valence-electron chi connectivity index (χ1n) is 5.37. The van der Waals surface area contributed by atoms with E-state index >= 15 is 0 Å². The maximum absolute atomic E-state index is 5.24. The molecule has 0 aliphatic rings. The quantitative estimate of drug-likeness (QED) is 0.762. The number of nitrogens with one attached hydrogen (secondary N) is 1. The molecule has 1 rings (SSSR count). The molecule has 86 valence electrons. The van der Waals surface area contributed by atoms with Gasteiger partial charge in [0, 0.05) is 45.6 Å². The van der Waals surface area contributed by atoms with Crippen molar-refractivity contribution >= 4 is 0 Å². The molecule has 0 aromatic carbocycles. The fourth-order valence-corrected chi connectivity index (χ4v) is 1.42. The van der Waals surface area contributed by atoms with Crippen LogP contribution in [0, 0.1) is 0 Å². The Balaban J connectivity index is 2.25. The minimum absolute atomic E-state index is 0.242. The molecule has 1 heterocycles. The molecule has 0 bridgehead atoms. The molecule has 4 heteroatoms. The number of imidazole rings is 1. The van der Waals surface area contributed by atoms with Crippen molar-refractivity contribution in [2.75, 3.05) is 13.7 Å². The van der Waals surface area contributed by atoms with E-state index in [-0.39, 0.29) is 6.10 Å². The fourth-order valence-electron chi connectivity index (χ4n) is 1.42. The highest BCUT2D eigenvalue weighted by atomic mass is 16.5. The van der Waals surface area contributed by atoms with E-state index in [1.807, 2.05) is 24.0 Å². The first-order valence-corrected chi connectivity index (χ1v) is 5.37. The second kappa shape index (κ2) is 5.88. The van der Waals surface area contributed by atoms with Crippen molar-refractivity contribution in [3.8, 4) is 0 Å². The third-order valence-corrected chi connectivity index (χ3v) is 2.81. The molecule has 0 spiro atoms. The van der Waals surface area contributed by atoms with E-state index in [0.717, 1.165) is 18.8 Å². The maximum Gasteiger partial charge on any atom is 0.109 e. The SMILES string of the molecule is COC(C)C(C)NCCc1nccn1C. The summed E-state index contributed by atoms with van der Waals surface area (Å²) in [4.78, 5) is 4.27. The van der Waals surface area contributed by atoms with Crippen LogP contribution in [0.25, 0.3) is 0 Å². The molecule has 1 aromatic rings. The number of rotatable bonds is 6. The summed E-state index contributed by atoms with van der Waals surface area (Å²) >= 11 is 0. The van der Waals surface area contributed by atoms with Gasteiger partial charge in [0.2, 0.25) is 0 Å². The van der Waals surface area contributed by atoms with Crippen molar-refractivity contribution in [1.82, 2.24) is 14.9 Å². The Morgan fingerprint density at radius 3 is 2.80 bits per heavy atom. The molecule has 2 unspecified atom stereocenters. The summed E-state index contributed by atoms with van der Waals surface area (Å²) in [6.07, 6.45) is 4.99. The van der Waals surface area contributed by atoms with E-state index in [9.17, 15) is 0 Å². The van der Waals surface area contributed by atoms with E-state index in [1.165, 1.54) is 0 Å². The third kappa shape index (κ3) is 3.64. The van der Waals surface area contributed by atoms with Crippen LogP contribution in [0.2, 0.25) is 0 Å². The normalized spacial score (nSPS) is 15.2. The molecule has 0 saturated carbocycles. The zero-order valence-corrected chi connectivity index (χ0v) is 10.0. The smallest absolute Gasteiger partial charge is 0.109 e. The van der Waals surface area contributed by atoms with Gasteiger partial charge < -0.3 is 14.6 Å². The van der Waals surface area contributed by atoms with Crippen LogP contribution in [0.1, 0.15) is 19.7 Å². The molecule has 4 nitrogen and oxygen atoms in total. The third-order valence-electron chi connectivity index (χ3n) is 2.81. The number of aromatic nitrogens is 2. The van der Waals surface area contributed by atoms with Crippen LogP contribution in [0.5, 0.6) is 0 Å². The Kier molecular flexibility index (Phi) is 4.78. The van der Waals surface area contributed by atoms with Gasteiger partial charge in [-0.1, -0.05) is 0 Å². The summed E-state index contributed by atoms with van der Waals surface area (Å²) in [5.74, 6) is 1.11. The number of nitrogens with zero attached hydrogens (tertiary/aromatic N) is 2. The summed E-state index contributed by atoms with van der Waals surface area (Å²) in [5, 5.41) is 3.42. The van der Waals surface area contributed by atoms with Crippen LogP contribution in [-0.4, -0.2) is 35.4 Å². The molecule has 0 aliphatic carbocycles. The molecule has 1 N–H and O–H groups in total. The van der Waals surface area contributed by atoms with Gasteiger partial charge in [0.25, 0.3) is 0 Å². The van der Waals surface area contributed by atoms with Crippen molar-refractivity contribution in [2.45, 2.75) is 32.4 Å². The second-order valence-electron chi connectivity index (χ2n) is 3.89. The molecular weight excluding hydrogens is 190 g/mol. The van der Waals surface area contributed by atoms with Gasteiger partial charge in [-0.2, -0.15) is 0 Å². The lowest BCUT2D eigenvalue weighted by molar-refractivity contribution is 0.0889. The molecule has 2 atom stereocenters. The Morgan fingerprint density at radius 2 is 2.27 bits per heavy atom. The summed E-state index contributed by atoms with van der Waals surface area (Å²) in [6.45, 7) is 5.13. The monoisotopic (exact) mass is 211 g/mol. The number of ether oxygens (including phenoxy) is 1. The molecule has 0 aliphatic heterocycles. The van der Waals surface area contributed by atoms with E-state index in [0.29, 0.717) is 6.04 Å². The minimum atomic E-state index is 0.242. The van der Waals surface area contributed by atoms with E-state index in [1.54, 1.807) is 7.11 Å². The van der Waals surface area contributed by atoms with Crippen LogP contribution in [-0.2, 0) is 18.2 Å². The van der Waals surface area contributed by atoms with E-state index in [4.69, 9.17) is 4.74 Å². The van der Waals surface area contributed by atoms with Gasteiger partial charge in [0.1, 0.15) is 5.82 Å². The summed E-state index contributed by atoms with van der Waals surface area (Å²) in [7, 11) is 3.76. The average molecular weight is 211 g/mol. The predicted molar refractivity (Wildman–Crippen MR) is 60.8 cm³/mol. The lowest BCUT2D eigenvalue weighted by Crippen LogP contribution is -2.37. The van der Waals surface area contributed by atoms with Crippen molar-refractivity contribution in [2.24, 2.45) is 7.05 Å². The zero-order valence-electron chi connectivity index (χ0n) is 10.0. The highest BCUT2D eigenvalue weighted by Crippen LogP contribution is 1.98. The van der Waals surface area contributed by atoms with Crippen LogP contribution in [0.3, 0.4) is 0 Å². The predicted octanol–water partition coefficient (Wildman–Crippen LogP) is 0.976. The van der Waals surface area contributed by atoms with Crippen molar-refractivity contribution in [3.63, 3.8) is 0 Å². The Bertz CT molecular complexity index is 285. The van der Waals surface area contributed by atoms with Crippen molar-refractivity contribution < 1.29 is 4.74 Å². The average Bonchev–Trinajstić information content (AvgIpc) is 2.63. The van der Waals surface area contributed by atoms with Crippen LogP contribution < -0.4 is 5.32 Å². The molecule has 1 aromatic heterocycles. The molecule has 15 heavy (non-hydrogen) atoms. The lowest BCUT2D eigenvalue weighted by Gasteiger charge is -2.19. The Hall–Kier alpha value is -0.870. The van der Waals surface area contributed by atoms with Crippen molar-refractivity contribution in [1.29, 1.82) is 0 Å². The standard InChI is InChI=1S/C11H21N3O/c1-9(10(2)15-4)12-6-5-11-13-7-8-14(11)3/h7-10,12H,5-6H2,1-4H3. The maximum atomic E-state index is 5.24. The molecule has 0 saturated heterocycles. The summed E-state index contributed by atoms with van der Waals surface area (Å²) in [5.41, 5.74) is 0. The molecule has 0 amide bonds. The lowest BCUT2D eigenvalue weighted by atomic mass is 10.2. The molecule has 0 radical (unpaired) electrons. The highest BCUT2D eigenvalue weighted by Gasteiger charge is 2.09. The van der Waals surface area contributed by atoms with Crippen LogP contribution in [0.15, 0.2) is 12.4 Å². The first-order chi connectivity index (χ1) is 7.15. The number of hydrogen-bond donors (Lipinski definition) is 1. The topological polar surface area (TPSA) is 39.1 Å². The number of methoxy groups -OCH3 is 1. The van der Waals surface area contributed by atoms with E-state index < -0.39 is 0 Å². The molecular formula is C11H21N3O. The minimum Gasteiger partial charge on any atom is -0.380 e. The largest absolute Gasteiger partial charge is 0.380 e. The van der Waals surface area contributed by atoms with Gasteiger partial charge in [0.05, 0.1) is 6.10 Å². The van der Waals surface area contributed by atoms with Gasteiger partial charge in [-0.05, 0) is 13.8 Å².